The number of nitrogens with two attached hydrogens (primary N) is 1. The Morgan fingerprint density at radius 2 is 1.85 bits per heavy atom. The van der Waals surface area contributed by atoms with Gasteiger partial charge in [0.2, 0.25) is 0 Å². The summed E-state index contributed by atoms with van der Waals surface area (Å²) in [6, 6.07) is 7.90. The minimum absolute atomic E-state index is 0.00561. The second-order valence-corrected chi connectivity index (χ2v) is 7.44. The lowest BCUT2D eigenvalue weighted by atomic mass is 10.0. The van der Waals surface area contributed by atoms with E-state index in [0.717, 1.165) is 21.4 Å². The van der Waals surface area contributed by atoms with E-state index in [1.165, 1.54) is 36.9 Å². The zero-order chi connectivity index (χ0) is 23.3. The Hall–Kier alpha value is -4.41. The molecule has 0 unspecified atom stereocenters. The van der Waals surface area contributed by atoms with Crippen LogP contribution >= 0.6 is 0 Å². The van der Waals surface area contributed by atoms with Crippen molar-refractivity contribution in [1.29, 1.82) is 0 Å². The molecule has 5 aromatic rings. The quantitative estimate of drug-likeness (QED) is 0.453. The summed E-state index contributed by atoms with van der Waals surface area (Å²) in [5.41, 5.74) is 6.84. The molecule has 0 saturated carbocycles. The third-order valence-corrected chi connectivity index (χ3v) is 5.38. The van der Waals surface area contributed by atoms with Crippen LogP contribution in [-0.4, -0.2) is 28.9 Å². The normalized spacial score (nSPS) is 11.4. The first-order chi connectivity index (χ1) is 15.8. The van der Waals surface area contributed by atoms with Crippen LogP contribution in [0.5, 0.6) is 0 Å². The zero-order valence-corrected chi connectivity index (χ0v) is 17.2. The molecule has 0 spiro atoms. The van der Waals surface area contributed by atoms with Gasteiger partial charge < -0.3 is 10.3 Å². The summed E-state index contributed by atoms with van der Waals surface area (Å²) in [6.07, 6.45) is 4.21. The standard InChI is InChI=1S/C22H16F3N7O/c1-30-9-15(18-20(26)27-10-28-21(18)30)14-6-5-13(7-17(14)24)32-22(33)31(11-29-32)8-12-3-2-4-16(23)19(12)25/h2-7,9-11H,8H2,1H3,(H2,26,27,28). The number of fused-ring (bicyclic) bond motifs is 1. The van der Waals surface area contributed by atoms with E-state index in [-0.39, 0.29) is 29.2 Å². The second kappa shape index (κ2) is 7.62. The van der Waals surface area contributed by atoms with E-state index in [2.05, 4.69) is 15.1 Å². The smallest absolute Gasteiger partial charge is 0.350 e. The number of aromatic nitrogens is 6. The maximum Gasteiger partial charge on any atom is 0.350 e. The van der Waals surface area contributed by atoms with Crippen LogP contribution in [0.2, 0.25) is 0 Å². The molecular weight excluding hydrogens is 435 g/mol. The van der Waals surface area contributed by atoms with E-state index < -0.39 is 23.1 Å². The molecule has 0 fully saturated rings. The predicted octanol–water partition coefficient (Wildman–Crippen LogP) is 3.03. The Morgan fingerprint density at radius 1 is 1.03 bits per heavy atom. The van der Waals surface area contributed by atoms with Crippen LogP contribution in [0, 0.1) is 17.5 Å². The molecule has 0 radical (unpaired) electrons. The molecule has 0 atom stereocenters. The minimum Gasteiger partial charge on any atom is -0.383 e. The molecule has 11 heteroatoms. The largest absolute Gasteiger partial charge is 0.383 e. The highest BCUT2D eigenvalue weighted by molar-refractivity contribution is 6.00. The molecular formula is C22H16F3N7O. The number of aryl methyl sites for hydroxylation is 1. The van der Waals surface area contributed by atoms with Gasteiger partial charge in [-0.15, -0.1) is 0 Å². The summed E-state index contributed by atoms with van der Waals surface area (Å²) >= 11 is 0. The van der Waals surface area contributed by atoms with E-state index in [4.69, 9.17) is 5.73 Å². The monoisotopic (exact) mass is 451 g/mol. The average Bonchev–Trinajstić information content (AvgIpc) is 3.32. The average molecular weight is 451 g/mol. The first-order valence-corrected chi connectivity index (χ1v) is 9.78. The Balaban J connectivity index is 1.53. The minimum atomic E-state index is -1.04. The van der Waals surface area contributed by atoms with Crippen molar-refractivity contribution in [2.45, 2.75) is 6.54 Å². The molecule has 0 aliphatic carbocycles. The molecule has 0 amide bonds. The molecule has 2 aromatic carbocycles. The number of hydrogen-bond acceptors (Lipinski definition) is 5. The molecule has 33 heavy (non-hydrogen) atoms. The van der Waals surface area contributed by atoms with E-state index >= 15 is 4.39 Å². The van der Waals surface area contributed by atoms with Crippen molar-refractivity contribution in [2.75, 3.05) is 5.73 Å². The molecule has 0 bridgehead atoms. The number of benzene rings is 2. The second-order valence-electron chi connectivity index (χ2n) is 7.44. The number of hydrogen-bond donors (Lipinski definition) is 1. The van der Waals surface area contributed by atoms with Gasteiger partial charge in [0.05, 0.1) is 17.6 Å². The summed E-state index contributed by atoms with van der Waals surface area (Å²) in [5, 5.41) is 4.50. The predicted molar refractivity (Wildman–Crippen MR) is 115 cm³/mol. The van der Waals surface area contributed by atoms with Gasteiger partial charge in [0, 0.05) is 36.0 Å². The van der Waals surface area contributed by atoms with Gasteiger partial charge in [-0.1, -0.05) is 12.1 Å². The summed E-state index contributed by atoms with van der Waals surface area (Å²) in [7, 11) is 1.76. The van der Waals surface area contributed by atoms with Crippen molar-refractivity contribution >= 4 is 16.9 Å². The number of halogens is 3. The summed E-state index contributed by atoms with van der Waals surface area (Å²) in [4.78, 5) is 20.9. The number of nitrogens with zero attached hydrogens (tertiary/aromatic N) is 6. The molecule has 0 saturated heterocycles. The maximum absolute atomic E-state index is 15.1. The molecule has 3 aromatic heterocycles. The van der Waals surface area contributed by atoms with Gasteiger partial charge in [0.25, 0.3) is 0 Å². The van der Waals surface area contributed by atoms with Crippen LogP contribution in [0.4, 0.5) is 19.0 Å². The lowest BCUT2D eigenvalue weighted by molar-refractivity contribution is 0.494. The summed E-state index contributed by atoms with van der Waals surface area (Å²) in [6.45, 7) is -0.224. The van der Waals surface area contributed by atoms with Crippen LogP contribution in [0.3, 0.4) is 0 Å². The SMILES string of the molecule is Cn1cc(-c2ccc(-n3ncn(Cc4cccc(F)c4F)c3=O)cc2F)c2c(N)ncnc21. The first-order valence-electron chi connectivity index (χ1n) is 9.78. The van der Waals surface area contributed by atoms with Gasteiger partial charge in [-0.25, -0.2) is 27.9 Å². The zero-order valence-electron chi connectivity index (χ0n) is 17.2. The third kappa shape index (κ3) is 3.34. The molecule has 0 aliphatic rings. The van der Waals surface area contributed by atoms with Crippen LogP contribution in [0.25, 0.3) is 27.8 Å². The van der Waals surface area contributed by atoms with E-state index in [0.29, 0.717) is 16.6 Å². The fraction of sp³-hybridized carbons (Fsp3) is 0.0909. The van der Waals surface area contributed by atoms with E-state index in [1.54, 1.807) is 17.8 Å². The fourth-order valence-electron chi connectivity index (χ4n) is 3.77. The number of anilines is 1. The van der Waals surface area contributed by atoms with Crippen molar-refractivity contribution < 1.29 is 13.2 Å². The van der Waals surface area contributed by atoms with E-state index in [1.807, 2.05) is 0 Å². The molecule has 166 valence electrons. The Kier molecular flexibility index (Phi) is 4.73. The Morgan fingerprint density at radius 3 is 2.64 bits per heavy atom. The van der Waals surface area contributed by atoms with Crippen molar-refractivity contribution in [2.24, 2.45) is 7.05 Å². The van der Waals surface area contributed by atoms with Gasteiger partial charge in [-0.3, -0.25) is 4.57 Å². The Bertz CT molecular complexity index is 1590. The molecule has 0 aliphatic heterocycles. The highest BCUT2D eigenvalue weighted by Crippen LogP contribution is 2.34. The lowest BCUT2D eigenvalue weighted by Crippen LogP contribution is -2.24. The number of nitrogen functional groups attached to an aromatic ring is 1. The first kappa shape index (κ1) is 20.5. The lowest BCUT2D eigenvalue weighted by Gasteiger charge is -2.06. The summed E-state index contributed by atoms with van der Waals surface area (Å²) in [5.74, 6) is -2.43. The van der Waals surface area contributed by atoms with Crippen LogP contribution < -0.4 is 11.4 Å². The topological polar surface area (TPSA) is 96.5 Å². The van der Waals surface area contributed by atoms with Gasteiger partial charge in [-0.05, 0) is 18.2 Å². The molecule has 8 nitrogen and oxygen atoms in total. The van der Waals surface area contributed by atoms with Gasteiger partial charge in [0.1, 0.15) is 29.9 Å². The fourth-order valence-corrected chi connectivity index (χ4v) is 3.77. The van der Waals surface area contributed by atoms with Crippen LogP contribution in [0.15, 0.2) is 60.0 Å². The molecule has 5 rings (SSSR count). The highest BCUT2D eigenvalue weighted by Gasteiger charge is 2.18. The maximum atomic E-state index is 15.1. The molecule has 2 N–H and O–H groups in total. The van der Waals surface area contributed by atoms with Crippen molar-refractivity contribution in [3.63, 3.8) is 0 Å². The third-order valence-electron chi connectivity index (χ3n) is 5.38. The van der Waals surface area contributed by atoms with Gasteiger partial charge in [0.15, 0.2) is 11.6 Å². The van der Waals surface area contributed by atoms with Gasteiger partial charge in [-0.2, -0.15) is 9.78 Å². The van der Waals surface area contributed by atoms with Gasteiger partial charge >= 0.3 is 5.69 Å². The number of rotatable bonds is 4. The van der Waals surface area contributed by atoms with Crippen LogP contribution in [-0.2, 0) is 13.6 Å². The Labute approximate surface area is 184 Å². The van der Waals surface area contributed by atoms with Crippen molar-refractivity contribution in [3.8, 4) is 16.8 Å². The highest BCUT2D eigenvalue weighted by atomic mass is 19.2. The summed E-state index contributed by atoms with van der Waals surface area (Å²) < 4.78 is 46.4. The van der Waals surface area contributed by atoms with Crippen molar-refractivity contribution in [1.82, 2.24) is 28.9 Å². The van der Waals surface area contributed by atoms with Crippen molar-refractivity contribution in [3.05, 3.63) is 88.7 Å². The van der Waals surface area contributed by atoms with Crippen LogP contribution in [0.1, 0.15) is 5.56 Å². The molecule has 3 heterocycles. The van der Waals surface area contributed by atoms with E-state index in [9.17, 15) is 13.6 Å².